The van der Waals surface area contributed by atoms with Crippen LogP contribution in [-0.4, -0.2) is 36.5 Å². The van der Waals surface area contributed by atoms with Gasteiger partial charge >= 0.3 is 5.97 Å². The van der Waals surface area contributed by atoms with Crippen LogP contribution >= 0.6 is 0 Å². The summed E-state index contributed by atoms with van der Waals surface area (Å²) < 4.78 is 4.98. The number of nitro groups is 1. The molecule has 0 aromatic heterocycles. The molecular weight excluding hydrogens is 326 g/mol. The molecule has 2 rings (SSSR count). The van der Waals surface area contributed by atoms with E-state index in [1.54, 1.807) is 7.05 Å². The summed E-state index contributed by atoms with van der Waals surface area (Å²) in [6, 6.07) is 4.09. The molecule has 1 aliphatic rings. The molecule has 1 aliphatic carbocycles. The summed E-state index contributed by atoms with van der Waals surface area (Å²) in [7, 11) is 1.55. The summed E-state index contributed by atoms with van der Waals surface area (Å²) in [6.45, 7) is 1.70. The first kappa shape index (κ1) is 18.7. The summed E-state index contributed by atoms with van der Waals surface area (Å²) in [5.41, 5.74) is 0.104. The van der Waals surface area contributed by atoms with Gasteiger partial charge in [0, 0.05) is 19.2 Å². The second-order valence-electron chi connectivity index (χ2n) is 6.25. The zero-order valence-electron chi connectivity index (χ0n) is 14.4. The fourth-order valence-corrected chi connectivity index (χ4v) is 3.01. The van der Waals surface area contributed by atoms with Crippen LogP contribution in [-0.2, 0) is 9.53 Å². The first-order chi connectivity index (χ1) is 11.9. The largest absolute Gasteiger partial charge is 0.452 e. The normalized spacial score (nSPS) is 19.8. The Morgan fingerprint density at radius 3 is 2.68 bits per heavy atom. The van der Waals surface area contributed by atoms with E-state index in [1.807, 2.05) is 0 Å². The van der Waals surface area contributed by atoms with Gasteiger partial charge in [0.1, 0.15) is 5.69 Å². The third-order valence-corrected chi connectivity index (χ3v) is 4.49. The van der Waals surface area contributed by atoms with E-state index in [0.29, 0.717) is 11.6 Å². The van der Waals surface area contributed by atoms with Crippen LogP contribution in [0.25, 0.3) is 0 Å². The maximum Gasteiger partial charge on any atom is 0.338 e. The monoisotopic (exact) mass is 349 g/mol. The standard InChI is InChI=1S/C17H23N3O5/c1-11-5-3-4-6-13(11)19-16(21)10-25-17(22)12-7-8-14(18-2)15(9-12)20(23)24/h7-9,11,13,18H,3-6,10H2,1-2H3,(H,19,21). The maximum atomic E-state index is 12.0. The molecule has 2 unspecified atom stereocenters. The fraction of sp³-hybridized carbons (Fsp3) is 0.529. The number of hydrogen-bond donors (Lipinski definition) is 2. The summed E-state index contributed by atoms with van der Waals surface area (Å²) in [5, 5.41) is 16.6. The van der Waals surface area contributed by atoms with Gasteiger partial charge < -0.3 is 15.4 Å². The average Bonchev–Trinajstić information content (AvgIpc) is 2.61. The number of carbonyl (C=O) groups excluding carboxylic acids is 2. The lowest BCUT2D eigenvalue weighted by Gasteiger charge is -2.29. The highest BCUT2D eigenvalue weighted by Crippen LogP contribution is 2.25. The minimum atomic E-state index is -0.766. The van der Waals surface area contributed by atoms with Gasteiger partial charge in [0.05, 0.1) is 10.5 Å². The molecule has 1 saturated carbocycles. The Labute approximate surface area is 146 Å². The van der Waals surface area contributed by atoms with Crippen molar-refractivity contribution in [2.45, 2.75) is 38.6 Å². The molecule has 0 radical (unpaired) electrons. The predicted octanol–water partition coefficient (Wildman–Crippen LogP) is 2.49. The van der Waals surface area contributed by atoms with Gasteiger partial charge in [0.25, 0.3) is 11.6 Å². The van der Waals surface area contributed by atoms with Crippen molar-refractivity contribution in [3.63, 3.8) is 0 Å². The number of rotatable bonds is 6. The summed E-state index contributed by atoms with van der Waals surface area (Å²) in [5.74, 6) is -0.712. The highest BCUT2D eigenvalue weighted by molar-refractivity contribution is 5.93. The minimum absolute atomic E-state index is 0.0320. The second kappa shape index (κ2) is 8.46. The van der Waals surface area contributed by atoms with Crippen LogP contribution in [0.15, 0.2) is 18.2 Å². The fourth-order valence-electron chi connectivity index (χ4n) is 3.01. The Morgan fingerprint density at radius 1 is 1.32 bits per heavy atom. The molecule has 2 N–H and O–H groups in total. The Hall–Kier alpha value is -2.64. The first-order valence-electron chi connectivity index (χ1n) is 8.35. The molecule has 25 heavy (non-hydrogen) atoms. The average molecular weight is 349 g/mol. The van der Waals surface area contributed by atoms with Crippen LogP contribution in [0.1, 0.15) is 43.0 Å². The Kier molecular flexibility index (Phi) is 6.32. The number of esters is 1. The number of nitrogens with one attached hydrogen (secondary N) is 2. The Morgan fingerprint density at radius 2 is 2.04 bits per heavy atom. The quantitative estimate of drug-likeness (QED) is 0.464. The lowest BCUT2D eigenvalue weighted by molar-refractivity contribution is -0.384. The molecular formula is C17H23N3O5. The van der Waals surface area contributed by atoms with E-state index >= 15 is 0 Å². The predicted molar refractivity (Wildman–Crippen MR) is 92.5 cm³/mol. The number of nitro benzene ring substituents is 1. The number of carbonyl (C=O) groups is 2. The van der Waals surface area contributed by atoms with Crippen molar-refractivity contribution < 1.29 is 19.2 Å². The topological polar surface area (TPSA) is 111 Å². The molecule has 0 heterocycles. The molecule has 0 spiro atoms. The highest BCUT2D eigenvalue weighted by Gasteiger charge is 2.23. The van der Waals surface area contributed by atoms with Crippen molar-refractivity contribution >= 4 is 23.3 Å². The number of benzene rings is 1. The molecule has 1 aromatic rings. The van der Waals surface area contributed by atoms with Crippen LogP contribution < -0.4 is 10.6 Å². The molecule has 1 fully saturated rings. The molecule has 2 atom stereocenters. The van der Waals surface area contributed by atoms with Gasteiger partial charge in [-0.2, -0.15) is 0 Å². The van der Waals surface area contributed by atoms with Crippen molar-refractivity contribution in [1.82, 2.24) is 5.32 Å². The molecule has 1 aromatic carbocycles. The zero-order chi connectivity index (χ0) is 18.4. The van der Waals surface area contributed by atoms with Crippen LogP contribution in [0.3, 0.4) is 0 Å². The van der Waals surface area contributed by atoms with Crippen LogP contribution in [0.5, 0.6) is 0 Å². The molecule has 8 heteroatoms. The maximum absolute atomic E-state index is 12.0. The van der Waals surface area contributed by atoms with Gasteiger partial charge in [-0.1, -0.05) is 19.8 Å². The van der Waals surface area contributed by atoms with E-state index in [9.17, 15) is 19.7 Å². The SMILES string of the molecule is CNc1ccc(C(=O)OCC(=O)NC2CCCCC2C)cc1[N+](=O)[O-]. The number of nitrogens with zero attached hydrogens (tertiary/aromatic N) is 1. The van der Waals surface area contributed by atoms with Gasteiger partial charge in [0.2, 0.25) is 0 Å². The van der Waals surface area contributed by atoms with Crippen molar-refractivity contribution in [3.05, 3.63) is 33.9 Å². The molecule has 8 nitrogen and oxygen atoms in total. The highest BCUT2D eigenvalue weighted by atomic mass is 16.6. The van der Waals surface area contributed by atoms with Gasteiger partial charge in [-0.25, -0.2) is 4.79 Å². The first-order valence-corrected chi connectivity index (χ1v) is 8.35. The zero-order valence-corrected chi connectivity index (χ0v) is 14.4. The third kappa shape index (κ3) is 4.91. The number of amides is 1. The smallest absolute Gasteiger partial charge is 0.338 e. The van der Waals surface area contributed by atoms with E-state index < -0.39 is 17.5 Å². The third-order valence-electron chi connectivity index (χ3n) is 4.49. The van der Waals surface area contributed by atoms with Gasteiger partial charge in [0.15, 0.2) is 6.61 Å². The van der Waals surface area contributed by atoms with E-state index in [4.69, 9.17) is 4.74 Å². The molecule has 0 bridgehead atoms. The summed E-state index contributed by atoms with van der Waals surface area (Å²) in [6.07, 6.45) is 4.26. The molecule has 0 aliphatic heterocycles. The van der Waals surface area contributed by atoms with Gasteiger partial charge in [-0.05, 0) is 30.9 Å². The second-order valence-corrected chi connectivity index (χ2v) is 6.25. The number of ether oxygens (including phenoxy) is 1. The lowest BCUT2D eigenvalue weighted by Crippen LogP contribution is -2.42. The van der Waals surface area contributed by atoms with Gasteiger partial charge in [-0.3, -0.25) is 14.9 Å². The number of hydrogen-bond acceptors (Lipinski definition) is 6. The Balaban J connectivity index is 1.92. The van der Waals surface area contributed by atoms with Crippen molar-refractivity contribution in [3.8, 4) is 0 Å². The van der Waals surface area contributed by atoms with Crippen molar-refractivity contribution in [1.29, 1.82) is 0 Å². The van der Waals surface area contributed by atoms with E-state index in [0.717, 1.165) is 25.3 Å². The van der Waals surface area contributed by atoms with E-state index in [-0.39, 0.29) is 23.2 Å². The van der Waals surface area contributed by atoms with Crippen molar-refractivity contribution in [2.75, 3.05) is 19.0 Å². The van der Waals surface area contributed by atoms with Crippen LogP contribution in [0.4, 0.5) is 11.4 Å². The minimum Gasteiger partial charge on any atom is -0.452 e. The van der Waals surface area contributed by atoms with Crippen LogP contribution in [0, 0.1) is 16.0 Å². The lowest BCUT2D eigenvalue weighted by atomic mass is 9.86. The Bertz CT molecular complexity index is 662. The summed E-state index contributed by atoms with van der Waals surface area (Å²) in [4.78, 5) is 34.4. The van der Waals surface area contributed by atoms with E-state index in [2.05, 4.69) is 17.6 Å². The van der Waals surface area contributed by atoms with E-state index in [1.165, 1.54) is 18.6 Å². The van der Waals surface area contributed by atoms with Crippen LogP contribution in [0.2, 0.25) is 0 Å². The molecule has 0 saturated heterocycles. The molecule has 1 amide bonds. The van der Waals surface area contributed by atoms with Gasteiger partial charge in [-0.15, -0.1) is 0 Å². The molecule has 136 valence electrons. The summed E-state index contributed by atoms with van der Waals surface area (Å²) >= 11 is 0. The van der Waals surface area contributed by atoms with Crippen molar-refractivity contribution in [2.24, 2.45) is 5.92 Å². The number of anilines is 1.